The Kier molecular flexibility index (Phi) is 3.86. The molecule has 3 N–H and O–H groups in total. The second-order valence-corrected chi connectivity index (χ2v) is 6.28. The molecular formula is C16H15N3S2. The molecule has 0 spiro atoms. The molecule has 0 fully saturated rings. The van der Waals surface area contributed by atoms with Gasteiger partial charge in [-0.3, -0.25) is 0 Å². The summed E-state index contributed by atoms with van der Waals surface area (Å²) in [4.78, 5) is 4.89. The standard InChI is InChI=1S/C16H15N3S2/c1-10-19-11(9-21-10)8-18-15-7-6-14(16(17)20)12-4-2-3-5-13(12)15/h2-7,9,18H,8H2,1H3,(H2,17,20). The second-order valence-electron chi connectivity index (χ2n) is 4.78. The van der Waals surface area contributed by atoms with Crippen molar-refractivity contribution in [2.24, 2.45) is 5.73 Å². The van der Waals surface area contributed by atoms with Crippen LogP contribution in [0, 0.1) is 6.92 Å². The first-order valence-corrected chi connectivity index (χ1v) is 7.90. The highest BCUT2D eigenvalue weighted by Crippen LogP contribution is 2.27. The van der Waals surface area contributed by atoms with Crippen LogP contribution >= 0.6 is 23.6 Å². The summed E-state index contributed by atoms with van der Waals surface area (Å²) >= 11 is 6.79. The summed E-state index contributed by atoms with van der Waals surface area (Å²) in [6.45, 7) is 2.72. The number of fused-ring (bicyclic) bond motifs is 1. The highest BCUT2D eigenvalue weighted by Gasteiger charge is 2.07. The molecule has 21 heavy (non-hydrogen) atoms. The number of thiocarbonyl (C=S) groups is 1. The molecule has 0 saturated heterocycles. The minimum Gasteiger partial charge on any atom is -0.389 e. The Bertz CT molecular complexity index is 808. The second kappa shape index (κ2) is 5.79. The molecular weight excluding hydrogens is 298 g/mol. The van der Waals surface area contributed by atoms with E-state index in [4.69, 9.17) is 18.0 Å². The molecule has 3 aromatic rings. The highest BCUT2D eigenvalue weighted by atomic mass is 32.1. The number of nitrogens with one attached hydrogen (secondary N) is 1. The van der Waals surface area contributed by atoms with Crippen LogP contribution in [-0.4, -0.2) is 9.97 Å². The van der Waals surface area contributed by atoms with Crippen LogP contribution in [0.4, 0.5) is 5.69 Å². The van der Waals surface area contributed by atoms with Crippen LogP contribution in [0.3, 0.4) is 0 Å². The molecule has 0 radical (unpaired) electrons. The molecule has 5 heteroatoms. The average molecular weight is 313 g/mol. The minimum atomic E-state index is 0.424. The predicted octanol–water partition coefficient (Wildman–Crippen LogP) is 3.85. The van der Waals surface area contributed by atoms with Gasteiger partial charge in [0.15, 0.2) is 0 Å². The fourth-order valence-electron chi connectivity index (χ4n) is 2.34. The molecule has 3 rings (SSSR count). The van der Waals surface area contributed by atoms with Crippen molar-refractivity contribution < 1.29 is 0 Å². The third-order valence-electron chi connectivity index (χ3n) is 3.32. The summed E-state index contributed by atoms with van der Waals surface area (Å²) in [6.07, 6.45) is 0. The number of aromatic nitrogens is 1. The van der Waals surface area contributed by atoms with Crippen LogP contribution in [0.1, 0.15) is 16.3 Å². The van der Waals surface area contributed by atoms with Crippen molar-refractivity contribution in [1.82, 2.24) is 4.98 Å². The zero-order valence-corrected chi connectivity index (χ0v) is 13.2. The monoisotopic (exact) mass is 313 g/mol. The van der Waals surface area contributed by atoms with Crippen LogP contribution in [0.2, 0.25) is 0 Å². The molecule has 0 atom stereocenters. The van der Waals surface area contributed by atoms with Gasteiger partial charge in [0.2, 0.25) is 0 Å². The number of nitrogens with zero attached hydrogens (tertiary/aromatic N) is 1. The minimum absolute atomic E-state index is 0.424. The zero-order valence-electron chi connectivity index (χ0n) is 11.6. The molecule has 0 aliphatic heterocycles. The normalized spacial score (nSPS) is 10.7. The first-order valence-electron chi connectivity index (χ1n) is 6.61. The van der Waals surface area contributed by atoms with E-state index in [0.29, 0.717) is 11.5 Å². The number of rotatable bonds is 4. The maximum atomic E-state index is 5.80. The van der Waals surface area contributed by atoms with E-state index in [1.54, 1.807) is 11.3 Å². The van der Waals surface area contributed by atoms with Gasteiger partial charge in [0.25, 0.3) is 0 Å². The number of hydrogen-bond donors (Lipinski definition) is 2. The molecule has 0 saturated carbocycles. The smallest absolute Gasteiger partial charge is 0.104 e. The lowest BCUT2D eigenvalue weighted by atomic mass is 10.0. The van der Waals surface area contributed by atoms with Crippen molar-refractivity contribution in [1.29, 1.82) is 0 Å². The van der Waals surface area contributed by atoms with Crippen molar-refractivity contribution in [2.45, 2.75) is 13.5 Å². The van der Waals surface area contributed by atoms with Gasteiger partial charge >= 0.3 is 0 Å². The number of anilines is 1. The number of benzene rings is 2. The van der Waals surface area contributed by atoms with E-state index in [0.717, 1.165) is 32.7 Å². The lowest BCUT2D eigenvalue weighted by Crippen LogP contribution is -2.10. The zero-order chi connectivity index (χ0) is 14.8. The van der Waals surface area contributed by atoms with E-state index in [2.05, 4.69) is 21.7 Å². The fourth-order valence-corrected chi connectivity index (χ4v) is 3.13. The number of hydrogen-bond acceptors (Lipinski definition) is 4. The molecule has 106 valence electrons. The molecule has 3 nitrogen and oxygen atoms in total. The van der Waals surface area contributed by atoms with Gasteiger partial charge < -0.3 is 11.1 Å². The lowest BCUT2D eigenvalue weighted by Gasteiger charge is -2.12. The molecule has 0 aliphatic rings. The summed E-state index contributed by atoms with van der Waals surface area (Å²) in [6, 6.07) is 12.1. The maximum Gasteiger partial charge on any atom is 0.104 e. The van der Waals surface area contributed by atoms with Crippen molar-refractivity contribution in [3.63, 3.8) is 0 Å². The summed E-state index contributed by atoms with van der Waals surface area (Å²) in [5.41, 5.74) is 8.83. The molecule has 0 aliphatic carbocycles. The predicted molar refractivity (Wildman–Crippen MR) is 94.0 cm³/mol. The summed E-state index contributed by atoms with van der Waals surface area (Å²) < 4.78 is 0. The Labute approximate surface area is 132 Å². The number of thiazole rings is 1. The SMILES string of the molecule is Cc1nc(CNc2ccc(C(N)=S)c3ccccc23)cs1. The summed E-state index contributed by atoms with van der Waals surface area (Å²) in [5.74, 6) is 0. The van der Waals surface area contributed by atoms with Gasteiger partial charge in [0.05, 0.1) is 17.2 Å². The average Bonchev–Trinajstić information content (AvgIpc) is 2.90. The van der Waals surface area contributed by atoms with E-state index in [-0.39, 0.29) is 0 Å². The van der Waals surface area contributed by atoms with Crippen LogP contribution in [0.15, 0.2) is 41.8 Å². The van der Waals surface area contributed by atoms with Crippen LogP contribution in [0.5, 0.6) is 0 Å². The highest BCUT2D eigenvalue weighted by molar-refractivity contribution is 7.80. The van der Waals surface area contributed by atoms with Gasteiger partial charge in [0, 0.05) is 22.0 Å². The van der Waals surface area contributed by atoms with E-state index in [1.165, 1.54) is 0 Å². The van der Waals surface area contributed by atoms with Gasteiger partial charge in [-0.05, 0) is 24.4 Å². The number of nitrogens with two attached hydrogens (primary N) is 1. The fraction of sp³-hybridized carbons (Fsp3) is 0.125. The Morgan fingerprint density at radius 1 is 1.24 bits per heavy atom. The topological polar surface area (TPSA) is 50.9 Å². The first kappa shape index (κ1) is 14.0. The van der Waals surface area contributed by atoms with Gasteiger partial charge in [-0.15, -0.1) is 11.3 Å². The quantitative estimate of drug-likeness (QED) is 0.718. The van der Waals surface area contributed by atoms with Crippen molar-refractivity contribution >= 4 is 45.0 Å². The third kappa shape index (κ3) is 2.89. The van der Waals surface area contributed by atoms with Crippen molar-refractivity contribution in [2.75, 3.05) is 5.32 Å². The molecule has 2 aromatic carbocycles. The Morgan fingerprint density at radius 3 is 2.67 bits per heavy atom. The van der Waals surface area contributed by atoms with E-state index in [9.17, 15) is 0 Å². The lowest BCUT2D eigenvalue weighted by molar-refractivity contribution is 1.06. The van der Waals surface area contributed by atoms with Gasteiger partial charge in [-0.1, -0.05) is 36.5 Å². The van der Waals surface area contributed by atoms with Gasteiger partial charge in [0.1, 0.15) is 4.99 Å². The van der Waals surface area contributed by atoms with Crippen LogP contribution < -0.4 is 11.1 Å². The van der Waals surface area contributed by atoms with Crippen molar-refractivity contribution in [3.8, 4) is 0 Å². The Hall–Kier alpha value is -1.98. The largest absolute Gasteiger partial charge is 0.389 e. The van der Waals surface area contributed by atoms with E-state index in [1.807, 2.05) is 37.3 Å². The van der Waals surface area contributed by atoms with Gasteiger partial charge in [-0.25, -0.2) is 4.98 Å². The Balaban J connectivity index is 1.96. The van der Waals surface area contributed by atoms with E-state index >= 15 is 0 Å². The molecule has 1 heterocycles. The Morgan fingerprint density at radius 2 is 2.00 bits per heavy atom. The first-order chi connectivity index (χ1) is 10.1. The van der Waals surface area contributed by atoms with Crippen LogP contribution in [0.25, 0.3) is 10.8 Å². The van der Waals surface area contributed by atoms with E-state index < -0.39 is 0 Å². The maximum absolute atomic E-state index is 5.80. The molecule has 0 amide bonds. The third-order valence-corrected chi connectivity index (χ3v) is 4.36. The molecule has 0 bridgehead atoms. The summed E-state index contributed by atoms with van der Waals surface area (Å²) in [5, 5.41) is 8.80. The molecule has 0 unspecified atom stereocenters. The molecule has 1 aromatic heterocycles. The van der Waals surface area contributed by atoms with Gasteiger partial charge in [-0.2, -0.15) is 0 Å². The van der Waals surface area contributed by atoms with Crippen LogP contribution in [-0.2, 0) is 6.54 Å². The summed E-state index contributed by atoms with van der Waals surface area (Å²) in [7, 11) is 0. The van der Waals surface area contributed by atoms with Crippen molar-refractivity contribution in [3.05, 3.63) is 58.0 Å². The number of aryl methyl sites for hydroxylation is 1.